The molecule has 0 fully saturated rings. The second-order valence-electron chi connectivity index (χ2n) is 5.16. The van der Waals surface area contributed by atoms with Crippen molar-refractivity contribution in [3.8, 4) is 22.4 Å². The molecule has 0 bridgehead atoms. The Morgan fingerprint density at radius 2 is 1.24 bits per heavy atom. The van der Waals surface area contributed by atoms with Crippen molar-refractivity contribution in [3.63, 3.8) is 0 Å². The molecule has 1 heterocycles. The van der Waals surface area contributed by atoms with Gasteiger partial charge in [0.05, 0.1) is 10.6 Å². The number of hydrogen-bond acceptors (Lipinski definition) is 3. The predicted molar refractivity (Wildman–Crippen MR) is 102 cm³/mol. The number of nitro groups is 1. The van der Waals surface area contributed by atoms with Crippen LogP contribution in [0, 0.1) is 10.1 Å². The monoisotopic (exact) mass is 412 g/mol. The van der Waals surface area contributed by atoms with E-state index >= 15 is 0 Å². The Bertz CT molecular complexity index is 952. The lowest BCUT2D eigenvalue weighted by atomic mass is 9.99. The lowest BCUT2D eigenvalue weighted by Gasteiger charge is -2.11. The molecule has 0 saturated heterocycles. The average molecular weight is 414 g/mol. The second kappa shape index (κ2) is 7.18. The van der Waals surface area contributed by atoms with Gasteiger partial charge < -0.3 is 0 Å². The first-order chi connectivity index (χ1) is 11.8. The number of nitrogens with zero attached hydrogens (tertiary/aromatic N) is 2. The van der Waals surface area contributed by atoms with E-state index < -0.39 is 4.92 Å². The smallest absolute Gasteiger partial charge is 0.258 e. The summed E-state index contributed by atoms with van der Waals surface area (Å²) < 4.78 is 0. The molecule has 0 unspecified atom stereocenters. The van der Waals surface area contributed by atoms with E-state index in [9.17, 15) is 10.1 Å². The summed E-state index contributed by atoms with van der Waals surface area (Å²) >= 11 is 24.3. The molecule has 0 aliphatic heterocycles. The molecule has 0 aliphatic rings. The van der Waals surface area contributed by atoms with Gasteiger partial charge in [-0.3, -0.25) is 10.1 Å². The van der Waals surface area contributed by atoms with Crippen LogP contribution >= 0.6 is 46.4 Å². The van der Waals surface area contributed by atoms with Crippen LogP contribution in [0.4, 0.5) is 5.69 Å². The van der Waals surface area contributed by atoms with Crippen molar-refractivity contribution in [1.82, 2.24) is 4.98 Å². The van der Waals surface area contributed by atoms with Gasteiger partial charge >= 0.3 is 0 Å². The second-order valence-corrected chi connectivity index (χ2v) is 6.91. The van der Waals surface area contributed by atoms with Crippen molar-refractivity contribution >= 4 is 52.1 Å². The van der Waals surface area contributed by atoms with E-state index in [1.54, 1.807) is 36.4 Å². The standard InChI is InChI=1S/C17H8Cl4N2O2/c18-11-1-9(2-12(19)5-11)16-7-15(23(24)25)8-22-17(16)10-3-13(20)6-14(21)4-10/h1-8H. The minimum atomic E-state index is -0.516. The summed E-state index contributed by atoms with van der Waals surface area (Å²) in [5.74, 6) is 0. The van der Waals surface area contributed by atoms with Crippen LogP contribution in [-0.2, 0) is 0 Å². The summed E-state index contributed by atoms with van der Waals surface area (Å²) in [4.78, 5) is 14.9. The van der Waals surface area contributed by atoms with Crippen LogP contribution in [0.2, 0.25) is 20.1 Å². The summed E-state index contributed by atoms with van der Waals surface area (Å²) in [6.07, 6.45) is 1.18. The number of hydrogen-bond donors (Lipinski definition) is 0. The Labute approximate surface area is 163 Å². The highest BCUT2D eigenvalue weighted by Gasteiger charge is 2.17. The van der Waals surface area contributed by atoms with Crippen LogP contribution in [0.15, 0.2) is 48.7 Å². The topological polar surface area (TPSA) is 56.0 Å². The molecule has 0 N–H and O–H groups in total. The molecule has 0 radical (unpaired) electrons. The lowest BCUT2D eigenvalue weighted by molar-refractivity contribution is -0.385. The number of pyridine rings is 1. The molecule has 1 aromatic heterocycles. The van der Waals surface area contributed by atoms with Gasteiger partial charge in [-0.25, -0.2) is 4.98 Å². The normalized spacial score (nSPS) is 10.7. The molecule has 0 amide bonds. The van der Waals surface area contributed by atoms with E-state index in [4.69, 9.17) is 46.4 Å². The molecule has 8 heteroatoms. The maximum absolute atomic E-state index is 11.1. The minimum absolute atomic E-state index is 0.150. The molecule has 0 aliphatic carbocycles. The Hall–Kier alpha value is -1.85. The van der Waals surface area contributed by atoms with Gasteiger partial charge in [0.2, 0.25) is 0 Å². The lowest BCUT2D eigenvalue weighted by Crippen LogP contribution is -1.95. The van der Waals surface area contributed by atoms with Gasteiger partial charge in [0, 0.05) is 37.3 Å². The van der Waals surface area contributed by atoms with Gasteiger partial charge in [0.1, 0.15) is 6.20 Å². The van der Waals surface area contributed by atoms with Crippen LogP contribution in [0.25, 0.3) is 22.4 Å². The SMILES string of the molecule is O=[N+]([O-])c1cnc(-c2cc(Cl)cc(Cl)c2)c(-c2cc(Cl)cc(Cl)c2)c1. The van der Waals surface area contributed by atoms with Gasteiger partial charge in [-0.05, 0) is 42.0 Å². The van der Waals surface area contributed by atoms with Gasteiger partial charge in [-0.2, -0.15) is 0 Å². The largest absolute Gasteiger partial charge is 0.288 e. The summed E-state index contributed by atoms with van der Waals surface area (Å²) in [7, 11) is 0. The van der Waals surface area contributed by atoms with Gasteiger partial charge in [0.15, 0.2) is 0 Å². The molecule has 3 aromatic rings. The van der Waals surface area contributed by atoms with Gasteiger partial charge in [-0.15, -0.1) is 0 Å². The van der Waals surface area contributed by atoms with Crippen molar-refractivity contribution in [2.75, 3.05) is 0 Å². The zero-order chi connectivity index (χ0) is 18.1. The van der Waals surface area contributed by atoms with Gasteiger partial charge in [0.25, 0.3) is 5.69 Å². The van der Waals surface area contributed by atoms with Crippen molar-refractivity contribution in [3.05, 3.63) is 78.9 Å². The summed E-state index contributed by atoms with van der Waals surface area (Å²) in [6.45, 7) is 0. The highest BCUT2D eigenvalue weighted by Crippen LogP contribution is 2.37. The zero-order valence-electron chi connectivity index (χ0n) is 12.3. The first-order valence-corrected chi connectivity index (χ1v) is 8.42. The van der Waals surface area contributed by atoms with E-state index in [1.807, 2.05) is 0 Å². The van der Waals surface area contributed by atoms with Gasteiger partial charge in [-0.1, -0.05) is 46.4 Å². The van der Waals surface area contributed by atoms with Crippen molar-refractivity contribution < 1.29 is 4.92 Å². The van der Waals surface area contributed by atoms with Crippen LogP contribution in [-0.4, -0.2) is 9.91 Å². The van der Waals surface area contributed by atoms with E-state index in [-0.39, 0.29) is 5.69 Å². The van der Waals surface area contributed by atoms with Crippen LogP contribution in [0.3, 0.4) is 0 Å². The molecular weight excluding hydrogens is 406 g/mol. The molecule has 0 saturated carbocycles. The first-order valence-electron chi connectivity index (χ1n) is 6.91. The molecule has 126 valence electrons. The van der Waals surface area contributed by atoms with Crippen LogP contribution < -0.4 is 0 Å². The Balaban J connectivity index is 2.30. The molecule has 3 rings (SSSR count). The third-order valence-electron chi connectivity index (χ3n) is 3.39. The fourth-order valence-corrected chi connectivity index (χ4v) is 3.46. The average Bonchev–Trinajstić information content (AvgIpc) is 2.52. The first kappa shape index (κ1) is 18.0. The number of aromatic nitrogens is 1. The van der Waals surface area contributed by atoms with Crippen molar-refractivity contribution in [1.29, 1.82) is 0 Å². The Kier molecular flexibility index (Phi) is 5.16. The quantitative estimate of drug-likeness (QED) is 0.345. The highest BCUT2D eigenvalue weighted by molar-refractivity contribution is 6.35. The Morgan fingerprint density at radius 3 is 1.72 bits per heavy atom. The minimum Gasteiger partial charge on any atom is -0.258 e. The number of halogens is 4. The molecule has 0 atom stereocenters. The van der Waals surface area contributed by atoms with E-state index in [0.717, 1.165) is 0 Å². The molecule has 25 heavy (non-hydrogen) atoms. The highest BCUT2D eigenvalue weighted by atomic mass is 35.5. The molecule has 0 spiro atoms. The molecular formula is C17H8Cl4N2O2. The van der Waals surface area contributed by atoms with Crippen molar-refractivity contribution in [2.45, 2.75) is 0 Å². The third-order valence-corrected chi connectivity index (χ3v) is 4.27. The maximum atomic E-state index is 11.1. The number of rotatable bonds is 3. The van der Waals surface area contributed by atoms with E-state index in [0.29, 0.717) is 42.5 Å². The fraction of sp³-hybridized carbons (Fsp3) is 0. The van der Waals surface area contributed by atoms with Crippen LogP contribution in [0.1, 0.15) is 0 Å². The maximum Gasteiger partial charge on any atom is 0.288 e. The third kappa shape index (κ3) is 4.05. The fourth-order valence-electron chi connectivity index (χ4n) is 2.40. The summed E-state index contributed by atoms with van der Waals surface area (Å²) in [5.41, 5.74) is 2.05. The Morgan fingerprint density at radius 1 is 0.760 bits per heavy atom. The van der Waals surface area contributed by atoms with Crippen molar-refractivity contribution in [2.24, 2.45) is 0 Å². The van der Waals surface area contributed by atoms with Crippen LogP contribution in [0.5, 0.6) is 0 Å². The summed E-state index contributed by atoms with van der Waals surface area (Å²) in [5, 5.41) is 12.8. The predicted octanol–water partition coefficient (Wildman–Crippen LogP) is 6.94. The van der Waals surface area contributed by atoms with E-state index in [1.165, 1.54) is 12.3 Å². The summed E-state index contributed by atoms with van der Waals surface area (Å²) in [6, 6.07) is 11.3. The molecule has 4 nitrogen and oxygen atoms in total. The zero-order valence-corrected chi connectivity index (χ0v) is 15.4. The number of benzene rings is 2. The molecule has 2 aromatic carbocycles. The van der Waals surface area contributed by atoms with E-state index in [2.05, 4.69) is 4.98 Å².